The molecule has 1 aliphatic rings. The third kappa shape index (κ3) is 7.32. The third-order valence-corrected chi connectivity index (χ3v) is 4.42. The maximum Gasteiger partial charge on any atom is 0.0307 e. The van der Waals surface area contributed by atoms with Gasteiger partial charge in [0.05, 0.1) is 0 Å². The molecule has 1 N–H and O–H groups in total. The van der Waals surface area contributed by atoms with Crippen LogP contribution in [0.25, 0.3) is 0 Å². The molecule has 0 aromatic carbocycles. The van der Waals surface area contributed by atoms with Gasteiger partial charge in [0, 0.05) is 44.5 Å². The molecule has 0 amide bonds. The van der Waals surface area contributed by atoms with Crippen LogP contribution in [-0.2, 0) is 0 Å². The molecule has 0 atom stereocenters. The summed E-state index contributed by atoms with van der Waals surface area (Å²) >= 11 is 0. The van der Waals surface area contributed by atoms with E-state index in [0.29, 0.717) is 12.1 Å². The summed E-state index contributed by atoms with van der Waals surface area (Å²) in [5.74, 6) is 0.780. The minimum atomic E-state index is 0.585. The van der Waals surface area contributed by atoms with E-state index in [-0.39, 0.29) is 0 Å². The maximum absolute atomic E-state index is 4.30. The Morgan fingerprint density at radius 1 is 1.24 bits per heavy atom. The van der Waals surface area contributed by atoms with Crippen LogP contribution in [0.15, 0.2) is 12.3 Å². The summed E-state index contributed by atoms with van der Waals surface area (Å²) in [5.41, 5.74) is 1.31. The molecule has 0 bridgehead atoms. The van der Waals surface area contributed by atoms with Gasteiger partial charge in [0.2, 0.25) is 0 Å². The van der Waals surface area contributed by atoms with Crippen LogP contribution < -0.4 is 5.32 Å². The molecule has 0 unspecified atom stereocenters. The summed E-state index contributed by atoms with van der Waals surface area (Å²) in [6, 6.07) is 1.28. The van der Waals surface area contributed by atoms with Crippen LogP contribution in [0.5, 0.6) is 0 Å². The summed E-state index contributed by atoms with van der Waals surface area (Å²) in [6.07, 6.45) is 4.87. The summed E-state index contributed by atoms with van der Waals surface area (Å²) in [5, 5.41) is 3.48. The quantitative estimate of drug-likeness (QED) is 0.658. The molecule has 0 aromatic rings. The predicted molar refractivity (Wildman–Crippen MR) is 93.6 cm³/mol. The lowest BCUT2D eigenvalue weighted by Gasteiger charge is -2.39. The number of nitrogens with one attached hydrogen (secondary N) is 1. The van der Waals surface area contributed by atoms with E-state index in [2.05, 4.69) is 56.4 Å². The van der Waals surface area contributed by atoms with Gasteiger partial charge < -0.3 is 15.1 Å². The van der Waals surface area contributed by atoms with E-state index < -0.39 is 0 Å². The summed E-state index contributed by atoms with van der Waals surface area (Å²) < 4.78 is 0. The number of hydrogen-bond donors (Lipinski definition) is 1. The second-order valence-corrected chi connectivity index (χ2v) is 7.32. The highest BCUT2D eigenvalue weighted by Gasteiger charge is 2.23. The highest BCUT2D eigenvalue weighted by atomic mass is 15.2. The van der Waals surface area contributed by atoms with Crippen molar-refractivity contribution in [3.05, 3.63) is 12.3 Å². The van der Waals surface area contributed by atoms with Gasteiger partial charge in [0.1, 0.15) is 0 Å². The zero-order chi connectivity index (χ0) is 15.8. The molecule has 1 rings (SSSR count). The molecule has 21 heavy (non-hydrogen) atoms. The number of allylic oxidation sites excluding steroid dienone is 1. The lowest BCUT2D eigenvalue weighted by Crippen LogP contribution is -2.43. The number of hydrogen-bond acceptors (Lipinski definition) is 3. The Bertz CT molecular complexity index is 291. The molecule has 0 radical (unpaired) electrons. The van der Waals surface area contributed by atoms with Gasteiger partial charge >= 0.3 is 0 Å². The third-order valence-electron chi connectivity index (χ3n) is 4.42. The lowest BCUT2D eigenvalue weighted by atomic mass is 10.0. The molecule has 1 aliphatic heterocycles. The Morgan fingerprint density at radius 3 is 2.38 bits per heavy atom. The molecular formula is C18H37N3. The highest BCUT2D eigenvalue weighted by Crippen LogP contribution is 2.20. The molecule has 1 saturated heterocycles. The van der Waals surface area contributed by atoms with Crippen LogP contribution in [0, 0.1) is 5.92 Å². The largest absolute Gasteiger partial charge is 0.375 e. The summed E-state index contributed by atoms with van der Waals surface area (Å²) in [7, 11) is 2.24. The Morgan fingerprint density at radius 2 is 1.86 bits per heavy atom. The molecule has 124 valence electrons. The number of piperidine rings is 1. The first kappa shape index (κ1) is 18.5. The first-order chi connectivity index (χ1) is 9.90. The first-order valence-corrected chi connectivity index (χ1v) is 8.76. The molecule has 0 saturated carbocycles. The van der Waals surface area contributed by atoms with E-state index >= 15 is 0 Å². The van der Waals surface area contributed by atoms with Crippen molar-refractivity contribution in [3.8, 4) is 0 Å². The second kappa shape index (κ2) is 9.47. The molecule has 1 heterocycles. The maximum atomic E-state index is 4.30. The highest BCUT2D eigenvalue weighted by molar-refractivity contribution is 4.96. The smallest absolute Gasteiger partial charge is 0.0307 e. The molecule has 0 aliphatic carbocycles. The van der Waals surface area contributed by atoms with E-state index in [1.165, 1.54) is 44.6 Å². The summed E-state index contributed by atoms with van der Waals surface area (Å²) in [6.45, 7) is 18.2. The zero-order valence-corrected chi connectivity index (χ0v) is 15.0. The average Bonchev–Trinajstić information content (AvgIpc) is 2.42. The Kier molecular flexibility index (Phi) is 8.35. The van der Waals surface area contributed by atoms with Crippen LogP contribution in [0.2, 0.25) is 0 Å². The van der Waals surface area contributed by atoms with Crippen molar-refractivity contribution in [2.45, 2.75) is 65.5 Å². The van der Waals surface area contributed by atoms with Gasteiger partial charge in [0.15, 0.2) is 0 Å². The van der Waals surface area contributed by atoms with Crippen molar-refractivity contribution in [1.82, 2.24) is 15.1 Å². The van der Waals surface area contributed by atoms with Crippen molar-refractivity contribution in [3.63, 3.8) is 0 Å². The van der Waals surface area contributed by atoms with Crippen molar-refractivity contribution in [1.29, 1.82) is 0 Å². The fourth-order valence-corrected chi connectivity index (χ4v) is 3.12. The van der Waals surface area contributed by atoms with Gasteiger partial charge in [-0.2, -0.15) is 0 Å². The molecule has 0 aromatic heterocycles. The van der Waals surface area contributed by atoms with Crippen LogP contribution in [0.1, 0.15) is 53.4 Å². The number of nitrogens with zero attached hydrogens (tertiary/aromatic N) is 2. The normalized spacial score (nSPS) is 17.7. The molecule has 1 fully saturated rings. The van der Waals surface area contributed by atoms with E-state index in [9.17, 15) is 0 Å². The van der Waals surface area contributed by atoms with Gasteiger partial charge in [-0.1, -0.05) is 34.3 Å². The van der Waals surface area contributed by atoms with E-state index in [4.69, 9.17) is 0 Å². The average molecular weight is 296 g/mol. The van der Waals surface area contributed by atoms with E-state index in [1.807, 2.05) is 0 Å². The predicted octanol–water partition coefficient (Wildman–Crippen LogP) is 3.33. The van der Waals surface area contributed by atoms with Gasteiger partial charge in [0.25, 0.3) is 0 Å². The van der Waals surface area contributed by atoms with Crippen molar-refractivity contribution in [2.24, 2.45) is 5.92 Å². The van der Waals surface area contributed by atoms with Gasteiger partial charge in [-0.05, 0) is 38.1 Å². The van der Waals surface area contributed by atoms with Gasteiger partial charge in [-0.3, -0.25) is 0 Å². The molecular weight excluding hydrogens is 258 g/mol. The van der Waals surface area contributed by atoms with Crippen molar-refractivity contribution in [2.75, 3.05) is 33.2 Å². The Balaban J connectivity index is 2.23. The van der Waals surface area contributed by atoms with Gasteiger partial charge in [-0.15, -0.1) is 0 Å². The molecule has 0 spiro atoms. The van der Waals surface area contributed by atoms with Gasteiger partial charge in [-0.25, -0.2) is 0 Å². The Hall–Kier alpha value is -0.540. The van der Waals surface area contributed by atoms with Crippen molar-refractivity contribution >= 4 is 0 Å². The number of likely N-dealkylation sites (tertiary alicyclic amines) is 1. The fourth-order valence-electron chi connectivity index (χ4n) is 3.12. The second-order valence-electron chi connectivity index (χ2n) is 7.32. The monoisotopic (exact) mass is 295 g/mol. The number of rotatable bonds is 9. The Labute approximate surface area is 132 Å². The minimum Gasteiger partial charge on any atom is -0.375 e. The van der Waals surface area contributed by atoms with Crippen molar-refractivity contribution < 1.29 is 0 Å². The fraction of sp³-hybridized carbons (Fsp3) is 0.889. The SMILES string of the molecule is C=C(CCCNC(C)C)N(C)C1CCN(CC(C)C)CC1. The minimum absolute atomic E-state index is 0.585. The standard InChI is InChI=1S/C18H37N3/c1-15(2)14-21-12-9-18(10-13-21)20(6)17(5)8-7-11-19-16(3)4/h15-16,18-19H,5,7-14H2,1-4,6H3. The van der Waals surface area contributed by atoms with E-state index in [0.717, 1.165) is 18.9 Å². The van der Waals surface area contributed by atoms with E-state index in [1.54, 1.807) is 0 Å². The van der Waals surface area contributed by atoms with Crippen LogP contribution in [-0.4, -0.2) is 55.1 Å². The molecule has 3 heteroatoms. The van der Waals surface area contributed by atoms with Crippen LogP contribution >= 0.6 is 0 Å². The first-order valence-electron chi connectivity index (χ1n) is 8.76. The topological polar surface area (TPSA) is 18.5 Å². The summed E-state index contributed by atoms with van der Waals surface area (Å²) in [4.78, 5) is 5.06. The molecule has 3 nitrogen and oxygen atoms in total. The lowest BCUT2D eigenvalue weighted by molar-refractivity contribution is 0.136. The van der Waals surface area contributed by atoms with Crippen LogP contribution in [0.3, 0.4) is 0 Å². The zero-order valence-electron chi connectivity index (χ0n) is 15.0. The van der Waals surface area contributed by atoms with Crippen LogP contribution in [0.4, 0.5) is 0 Å².